The third-order valence-electron chi connectivity index (χ3n) is 2.51. The number of carbonyl (C=O) groups excluding carboxylic acids is 1. The van der Waals surface area contributed by atoms with Gasteiger partial charge in [-0.05, 0) is 37.5 Å². The smallest absolute Gasteiger partial charge is 0.251 e. The molecule has 1 unspecified atom stereocenters. The van der Waals surface area contributed by atoms with E-state index in [0.717, 1.165) is 35.0 Å². The van der Waals surface area contributed by atoms with Crippen LogP contribution in [0, 0.1) is 6.92 Å². The van der Waals surface area contributed by atoms with Crippen molar-refractivity contribution >= 4 is 37.8 Å². The lowest BCUT2D eigenvalue weighted by Gasteiger charge is -2.08. The van der Waals surface area contributed by atoms with Crippen molar-refractivity contribution in [1.29, 1.82) is 0 Å². The number of nitrogens with one attached hydrogen (secondary N) is 1. The van der Waals surface area contributed by atoms with Crippen molar-refractivity contribution in [2.75, 3.05) is 6.54 Å². The van der Waals surface area contributed by atoms with Gasteiger partial charge in [0.15, 0.2) is 0 Å². The predicted octanol–water partition coefficient (Wildman–Crippen LogP) is 4.05. The van der Waals surface area contributed by atoms with Crippen molar-refractivity contribution in [2.45, 2.75) is 31.5 Å². The van der Waals surface area contributed by atoms with Crippen LogP contribution in [-0.2, 0) is 0 Å². The van der Waals surface area contributed by atoms with E-state index in [2.05, 4.69) is 44.1 Å². The molecule has 0 spiro atoms. The highest BCUT2D eigenvalue weighted by atomic mass is 79.9. The molecule has 0 radical (unpaired) electrons. The first-order valence-corrected chi connectivity index (χ1v) is 7.40. The van der Waals surface area contributed by atoms with E-state index < -0.39 is 0 Å². The Hall–Kier alpha value is -0.350. The molecule has 1 aromatic rings. The zero-order chi connectivity index (χ0) is 12.8. The number of rotatable bonds is 5. The zero-order valence-electron chi connectivity index (χ0n) is 10.1. The quantitative estimate of drug-likeness (QED) is 0.621. The van der Waals surface area contributed by atoms with Crippen molar-refractivity contribution in [2.24, 2.45) is 0 Å². The Bertz CT molecular complexity index is 391. The number of alkyl halides is 1. The Kier molecular flexibility index (Phi) is 6.20. The minimum Gasteiger partial charge on any atom is -0.352 e. The molecular weight excluding hydrogens is 346 g/mol. The normalized spacial score (nSPS) is 12.2. The van der Waals surface area contributed by atoms with Crippen molar-refractivity contribution in [1.82, 2.24) is 5.32 Å². The number of benzene rings is 1. The summed E-state index contributed by atoms with van der Waals surface area (Å²) < 4.78 is 0.933. The molecule has 4 heteroatoms. The number of hydrogen-bond acceptors (Lipinski definition) is 1. The average Bonchev–Trinajstić information content (AvgIpc) is 2.27. The van der Waals surface area contributed by atoms with Crippen LogP contribution >= 0.6 is 31.9 Å². The van der Waals surface area contributed by atoms with Gasteiger partial charge in [0.2, 0.25) is 0 Å². The lowest BCUT2D eigenvalue weighted by molar-refractivity contribution is 0.0952. The van der Waals surface area contributed by atoms with Gasteiger partial charge in [-0.15, -0.1) is 0 Å². The molecule has 1 atom stereocenters. The SMILES string of the molecule is Cc1ccc(Br)cc1C(=O)NCCCC(C)Br. The van der Waals surface area contributed by atoms with E-state index in [4.69, 9.17) is 0 Å². The average molecular weight is 363 g/mol. The number of hydrogen-bond donors (Lipinski definition) is 1. The lowest BCUT2D eigenvalue weighted by atomic mass is 10.1. The summed E-state index contributed by atoms with van der Waals surface area (Å²) in [4.78, 5) is 12.4. The Balaban J connectivity index is 2.49. The molecule has 0 fully saturated rings. The van der Waals surface area contributed by atoms with E-state index in [1.807, 2.05) is 25.1 Å². The predicted molar refractivity (Wildman–Crippen MR) is 78.8 cm³/mol. The van der Waals surface area contributed by atoms with E-state index in [0.29, 0.717) is 4.83 Å². The highest BCUT2D eigenvalue weighted by Crippen LogP contribution is 2.16. The first-order valence-electron chi connectivity index (χ1n) is 5.69. The second kappa shape index (κ2) is 7.17. The third kappa shape index (κ3) is 5.21. The highest BCUT2D eigenvalue weighted by molar-refractivity contribution is 9.10. The van der Waals surface area contributed by atoms with Crippen LogP contribution in [-0.4, -0.2) is 17.3 Å². The summed E-state index contributed by atoms with van der Waals surface area (Å²) in [6.07, 6.45) is 2.06. The molecule has 0 aromatic heterocycles. The van der Waals surface area contributed by atoms with Crippen LogP contribution in [0.15, 0.2) is 22.7 Å². The monoisotopic (exact) mass is 361 g/mol. The maximum atomic E-state index is 11.9. The molecule has 1 amide bonds. The Labute approximate surface area is 119 Å². The number of carbonyl (C=O) groups is 1. The minimum atomic E-state index is 0.00558. The maximum Gasteiger partial charge on any atom is 0.251 e. The van der Waals surface area contributed by atoms with Crippen molar-refractivity contribution in [3.63, 3.8) is 0 Å². The molecule has 2 nitrogen and oxygen atoms in total. The Morgan fingerprint density at radius 2 is 2.18 bits per heavy atom. The van der Waals surface area contributed by atoms with Crippen LogP contribution in [0.2, 0.25) is 0 Å². The summed E-state index contributed by atoms with van der Waals surface area (Å²) in [5, 5.41) is 2.94. The molecule has 0 aliphatic carbocycles. The summed E-state index contributed by atoms with van der Waals surface area (Å²) in [7, 11) is 0. The van der Waals surface area contributed by atoms with Crippen molar-refractivity contribution < 1.29 is 4.79 Å². The summed E-state index contributed by atoms with van der Waals surface area (Å²) in [6.45, 7) is 4.78. The molecule has 0 bridgehead atoms. The molecule has 94 valence electrons. The zero-order valence-corrected chi connectivity index (χ0v) is 13.3. The summed E-state index contributed by atoms with van der Waals surface area (Å²) in [5.41, 5.74) is 1.74. The fraction of sp³-hybridized carbons (Fsp3) is 0.462. The van der Waals surface area contributed by atoms with Crippen LogP contribution in [0.1, 0.15) is 35.7 Å². The van der Waals surface area contributed by atoms with Crippen molar-refractivity contribution in [3.05, 3.63) is 33.8 Å². The van der Waals surface area contributed by atoms with Gasteiger partial charge in [-0.3, -0.25) is 4.79 Å². The molecule has 0 saturated heterocycles. The van der Waals surface area contributed by atoms with E-state index >= 15 is 0 Å². The van der Waals surface area contributed by atoms with Gasteiger partial charge in [0, 0.05) is 21.4 Å². The molecule has 0 aliphatic heterocycles. The van der Waals surface area contributed by atoms with Gasteiger partial charge in [0.25, 0.3) is 5.91 Å². The van der Waals surface area contributed by atoms with Crippen LogP contribution in [0.25, 0.3) is 0 Å². The van der Waals surface area contributed by atoms with Gasteiger partial charge in [0.05, 0.1) is 0 Å². The van der Waals surface area contributed by atoms with Crippen LogP contribution in [0.4, 0.5) is 0 Å². The third-order valence-corrected chi connectivity index (χ3v) is 3.46. The molecule has 1 N–H and O–H groups in total. The van der Waals surface area contributed by atoms with Crippen molar-refractivity contribution in [3.8, 4) is 0 Å². The molecule has 17 heavy (non-hydrogen) atoms. The van der Waals surface area contributed by atoms with E-state index in [-0.39, 0.29) is 5.91 Å². The largest absolute Gasteiger partial charge is 0.352 e. The summed E-state index contributed by atoms with van der Waals surface area (Å²) >= 11 is 6.87. The minimum absolute atomic E-state index is 0.00558. The van der Waals surface area contributed by atoms with E-state index in [9.17, 15) is 4.79 Å². The number of halogens is 2. The van der Waals surface area contributed by atoms with Gasteiger partial charge >= 0.3 is 0 Å². The maximum absolute atomic E-state index is 11.9. The van der Waals surface area contributed by atoms with Gasteiger partial charge in [-0.25, -0.2) is 0 Å². The Morgan fingerprint density at radius 1 is 1.47 bits per heavy atom. The second-order valence-electron chi connectivity index (χ2n) is 4.14. The summed E-state index contributed by atoms with van der Waals surface area (Å²) in [5.74, 6) is 0.00558. The first-order chi connectivity index (χ1) is 8.00. The van der Waals surface area contributed by atoms with Gasteiger partial charge in [-0.1, -0.05) is 44.8 Å². The molecule has 1 aromatic carbocycles. The summed E-state index contributed by atoms with van der Waals surface area (Å²) in [6, 6.07) is 5.75. The highest BCUT2D eigenvalue weighted by Gasteiger charge is 2.08. The van der Waals surface area contributed by atoms with Crippen LogP contribution in [0.5, 0.6) is 0 Å². The fourth-order valence-electron chi connectivity index (χ4n) is 1.52. The van der Waals surface area contributed by atoms with Crippen LogP contribution in [0.3, 0.4) is 0 Å². The molecular formula is C13H17Br2NO. The molecule has 0 heterocycles. The van der Waals surface area contributed by atoms with Gasteiger partial charge in [-0.2, -0.15) is 0 Å². The number of aryl methyl sites for hydroxylation is 1. The standard InChI is InChI=1S/C13H17Br2NO/c1-9-5-6-11(15)8-12(9)13(17)16-7-3-4-10(2)14/h5-6,8,10H,3-4,7H2,1-2H3,(H,16,17). The second-order valence-corrected chi connectivity index (χ2v) is 6.62. The van der Waals surface area contributed by atoms with E-state index in [1.54, 1.807) is 0 Å². The molecule has 0 saturated carbocycles. The lowest BCUT2D eigenvalue weighted by Crippen LogP contribution is -2.25. The van der Waals surface area contributed by atoms with Gasteiger partial charge < -0.3 is 5.32 Å². The van der Waals surface area contributed by atoms with Crippen LogP contribution < -0.4 is 5.32 Å². The van der Waals surface area contributed by atoms with E-state index in [1.165, 1.54) is 0 Å². The first kappa shape index (κ1) is 14.7. The molecule has 0 aliphatic rings. The fourth-order valence-corrected chi connectivity index (χ4v) is 2.20. The topological polar surface area (TPSA) is 29.1 Å². The molecule has 1 rings (SSSR count). The Morgan fingerprint density at radius 3 is 2.82 bits per heavy atom. The number of amides is 1. The van der Waals surface area contributed by atoms with Gasteiger partial charge in [0.1, 0.15) is 0 Å².